The average molecular weight is 277 g/mol. The van der Waals surface area contributed by atoms with Crippen LogP contribution in [0.15, 0.2) is 24.3 Å². The third kappa shape index (κ3) is 3.11. The smallest absolute Gasteiger partial charge is 0.253 e. The van der Waals surface area contributed by atoms with E-state index in [1.165, 1.54) is 18.4 Å². The highest BCUT2D eigenvalue weighted by molar-refractivity contribution is 5.81. The maximum Gasteiger partial charge on any atom is 0.253 e. The number of rotatable bonds is 4. The molecule has 1 aliphatic rings. The molecule has 1 aliphatic heterocycles. The molecule has 5 heteroatoms. The molecule has 1 atom stereocenters. The van der Waals surface area contributed by atoms with E-state index in [0.717, 1.165) is 13.1 Å². The van der Waals surface area contributed by atoms with Crippen LogP contribution in [0.1, 0.15) is 5.56 Å². The van der Waals surface area contributed by atoms with Crippen molar-refractivity contribution in [3.8, 4) is 0 Å². The normalized spacial score (nSPS) is 17.1. The van der Waals surface area contributed by atoms with Gasteiger partial charge in [0.1, 0.15) is 6.10 Å². The highest BCUT2D eigenvalue weighted by Gasteiger charge is 2.26. The third-order valence-corrected chi connectivity index (χ3v) is 3.82. The van der Waals surface area contributed by atoms with E-state index in [2.05, 4.69) is 30.0 Å². The zero-order valence-electron chi connectivity index (χ0n) is 12.2. The van der Waals surface area contributed by atoms with Gasteiger partial charge in [-0.2, -0.15) is 0 Å². The van der Waals surface area contributed by atoms with Crippen molar-refractivity contribution in [2.75, 3.05) is 44.7 Å². The fourth-order valence-corrected chi connectivity index (χ4v) is 2.59. The first-order valence-corrected chi connectivity index (χ1v) is 6.99. The van der Waals surface area contributed by atoms with Gasteiger partial charge in [-0.05, 0) is 18.6 Å². The number of nitrogens with two attached hydrogens (primary N) is 1. The first-order chi connectivity index (χ1) is 9.67. The van der Waals surface area contributed by atoms with E-state index in [4.69, 9.17) is 10.5 Å². The number of ether oxygens (including phenoxy) is 1. The van der Waals surface area contributed by atoms with Gasteiger partial charge in [0.15, 0.2) is 0 Å². The number of nitrogens with zero attached hydrogens (tertiary/aromatic N) is 2. The molecule has 110 valence electrons. The molecule has 0 spiro atoms. The number of carbonyl (C=O) groups excluding carboxylic acids is 1. The minimum absolute atomic E-state index is 0.000524. The first-order valence-electron chi connectivity index (χ1n) is 6.99. The fourth-order valence-electron chi connectivity index (χ4n) is 2.59. The maximum atomic E-state index is 12.2. The lowest BCUT2D eigenvalue weighted by Crippen LogP contribution is -2.53. The Morgan fingerprint density at radius 1 is 1.30 bits per heavy atom. The van der Waals surface area contributed by atoms with Gasteiger partial charge in [0.05, 0.1) is 0 Å². The van der Waals surface area contributed by atoms with E-state index in [0.29, 0.717) is 13.1 Å². The second kappa shape index (κ2) is 6.72. The number of benzene rings is 1. The van der Waals surface area contributed by atoms with Gasteiger partial charge in [-0.1, -0.05) is 18.2 Å². The van der Waals surface area contributed by atoms with E-state index >= 15 is 0 Å². The quantitative estimate of drug-likeness (QED) is 0.876. The molecule has 1 aromatic carbocycles. The molecule has 2 rings (SSSR count). The Bertz CT molecular complexity index is 452. The van der Waals surface area contributed by atoms with Crippen molar-refractivity contribution in [1.82, 2.24) is 4.90 Å². The zero-order chi connectivity index (χ0) is 14.5. The SMILES string of the molecule is COC(CN)C(=O)N1CCN(c2ccccc2C)CC1. The minimum Gasteiger partial charge on any atom is -0.370 e. The summed E-state index contributed by atoms with van der Waals surface area (Å²) >= 11 is 0. The number of hydrogen-bond donors (Lipinski definition) is 1. The molecule has 0 aliphatic carbocycles. The standard InChI is InChI=1S/C15H23N3O2/c1-12-5-3-4-6-13(12)17-7-9-18(10-8-17)15(19)14(11-16)20-2/h3-6,14H,7-11,16H2,1-2H3. The van der Waals surface area contributed by atoms with Crippen molar-refractivity contribution in [1.29, 1.82) is 0 Å². The van der Waals surface area contributed by atoms with Gasteiger partial charge in [-0.3, -0.25) is 4.79 Å². The Labute approximate surface area is 120 Å². The van der Waals surface area contributed by atoms with Crippen LogP contribution < -0.4 is 10.6 Å². The van der Waals surface area contributed by atoms with Gasteiger partial charge in [-0.15, -0.1) is 0 Å². The lowest BCUT2D eigenvalue weighted by atomic mass is 10.1. The van der Waals surface area contributed by atoms with Crippen LogP contribution in [0.3, 0.4) is 0 Å². The molecular formula is C15H23N3O2. The summed E-state index contributed by atoms with van der Waals surface area (Å²) in [6.07, 6.45) is -0.514. The molecule has 0 saturated carbocycles. The van der Waals surface area contributed by atoms with Crippen LogP contribution >= 0.6 is 0 Å². The Hall–Kier alpha value is -1.59. The molecule has 1 fully saturated rings. The largest absolute Gasteiger partial charge is 0.370 e. The predicted molar refractivity (Wildman–Crippen MR) is 79.8 cm³/mol. The molecule has 0 radical (unpaired) electrons. The summed E-state index contributed by atoms with van der Waals surface area (Å²) in [5, 5.41) is 0. The van der Waals surface area contributed by atoms with E-state index in [1.54, 1.807) is 0 Å². The van der Waals surface area contributed by atoms with Crippen LogP contribution in [0.2, 0.25) is 0 Å². The highest BCUT2D eigenvalue weighted by atomic mass is 16.5. The number of piperazine rings is 1. The Kier molecular flexibility index (Phi) is 4.98. The molecular weight excluding hydrogens is 254 g/mol. The van der Waals surface area contributed by atoms with Gasteiger partial charge in [-0.25, -0.2) is 0 Å². The molecule has 5 nitrogen and oxygen atoms in total. The van der Waals surface area contributed by atoms with Crippen molar-refractivity contribution in [3.63, 3.8) is 0 Å². The van der Waals surface area contributed by atoms with Crippen molar-refractivity contribution < 1.29 is 9.53 Å². The molecule has 1 amide bonds. The minimum atomic E-state index is -0.514. The van der Waals surface area contributed by atoms with Crippen LogP contribution in [0.4, 0.5) is 5.69 Å². The summed E-state index contributed by atoms with van der Waals surface area (Å²) in [5.74, 6) is -0.000524. The average Bonchev–Trinajstić information content (AvgIpc) is 2.49. The van der Waals surface area contributed by atoms with E-state index < -0.39 is 6.10 Å². The number of anilines is 1. The summed E-state index contributed by atoms with van der Waals surface area (Å²) in [6.45, 7) is 5.46. The molecule has 0 bridgehead atoms. The van der Waals surface area contributed by atoms with Crippen LogP contribution in [0, 0.1) is 6.92 Å². The van der Waals surface area contributed by atoms with E-state index in [1.807, 2.05) is 11.0 Å². The van der Waals surface area contributed by atoms with Gasteiger partial charge < -0.3 is 20.3 Å². The maximum absolute atomic E-state index is 12.2. The number of carbonyl (C=O) groups is 1. The lowest BCUT2D eigenvalue weighted by Gasteiger charge is -2.37. The van der Waals surface area contributed by atoms with Crippen molar-refractivity contribution in [2.45, 2.75) is 13.0 Å². The van der Waals surface area contributed by atoms with Gasteiger partial charge in [0, 0.05) is 45.5 Å². The third-order valence-electron chi connectivity index (χ3n) is 3.82. The van der Waals surface area contributed by atoms with Crippen LogP contribution in [-0.4, -0.2) is 56.7 Å². The highest BCUT2D eigenvalue weighted by Crippen LogP contribution is 2.20. The number of amides is 1. The summed E-state index contributed by atoms with van der Waals surface area (Å²) in [6, 6.07) is 8.34. The van der Waals surface area contributed by atoms with Crippen LogP contribution in [0.25, 0.3) is 0 Å². The second-order valence-electron chi connectivity index (χ2n) is 5.06. The molecule has 1 heterocycles. The number of para-hydroxylation sites is 1. The van der Waals surface area contributed by atoms with Crippen LogP contribution in [-0.2, 0) is 9.53 Å². The van der Waals surface area contributed by atoms with Gasteiger partial charge >= 0.3 is 0 Å². The van der Waals surface area contributed by atoms with Crippen molar-refractivity contribution >= 4 is 11.6 Å². The monoisotopic (exact) mass is 277 g/mol. The number of methoxy groups -OCH3 is 1. The van der Waals surface area contributed by atoms with Crippen molar-refractivity contribution in [2.24, 2.45) is 5.73 Å². The van der Waals surface area contributed by atoms with Gasteiger partial charge in [0.2, 0.25) is 0 Å². The molecule has 2 N–H and O–H groups in total. The summed E-state index contributed by atoms with van der Waals surface area (Å²) in [5.41, 5.74) is 8.07. The van der Waals surface area contributed by atoms with E-state index in [-0.39, 0.29) is 12.5 Å². The number of aryl methyl sites for hydroxylation is 1. The summed E-state index contributed by atoms with van der Waals surface area (Å²) in [4.78, 5) is 16.3. The molecule has 20 heavy (non-hydrogen) atoms. The topological polar surface area (TPSA) is 58.8 Å². The Balaban J connectivity index is 1.96. The molecule has 1 aromatic rings. The molecule has 0 aromatic heterocycles. The summed E-state index contributed by atoms with van der Waals surface area (Å²) in [7, 11) is 1.53. The Morgan fingerprint density at radius 3 is 2.50 bits per heavy atom. The zero-order valence-corrected chi connectivity index (χ0v) is 12.2. The van der Waals surface area contributed by atoms with E-state index in [9.17, 15) is 4.79 Å². The summed E-state index contributed by atoms with van der Waals surface area (Å²) < 4.78 is 5.12. The Morgan fingerprint density at radius 2 is 1.95 bits per heavy atom. The molecule has 1 saturated heterocycles. The second-order valence-corrected chi connectivity index (χ2v) is 5.06. The number of hydrogen-bond acceptors (Lipinski definition) is 4. The van der Waals surface area contributed by atoms with Crippen molar-refractivity contribution in [3.05, 3.63) is 29.8 Å². The first kappa shape index (κ1) is 14.8. The molecule has 1 unspecified atom stereocenters. The fraction of sp³-hybridized carbons (Fsp3) is 0.533. The van der Waals surface area contributed by atoms with Gasteiger partial charge in [0.25, 0.3) is 5.91 Å². The lowest BCUT2D eigenvalue weighted by molar-refractivity contribution is -0.141. The van der Waals surface area contributed by atoms with Crippen LogP contribution in [0.5, 0.6) is 0 Å². The predicted octanol–water partition coefficient (Wildman–Crippen LogP) is 0.617.